The topological polar surface area (TPSA) is 80.0 Å². The number of rotatable bonds is 5. The van der Waals surface area contributed by atoms with E-state index in [4.69, 9.17) is 14.3 Å². The number of aryl methyl sites for hydroxylation is 1. The lowest BCUT2D eigenvalue weighted by atomic mass is 10.0. The quantitative estimate of drug-likeness (QED) is 0.888. The maximum atomic E-state index is 12.0. The molecule has 110 valence electrons. The van der Waals surface area contributed by atoms with E-state index in [2.05, 4.69) is 0 Å². The lowest BCUT2D eigenvalue weighted by molar-refractivity contribution is -0.131. The van der Waals surface area contributed by atoms with Crippen LogP contribution in [0.15, 0.2) is 10.5 Å². The smallest absolute Gasteiger partial charge is 0.339 e. The lowest BCUT2D eigenvalue weighted by Crippen LogP contribution is -2.28. The van der Waals surface area contributed by atoms with Crippen molar-refractivity contribution in [3.8, 4) is 0 Å². The summed E-state index contributed by atoms with van der Waals surface area (Å²) in [6, 6.07) is 1.47. The van der Waals surface area contributed by atoms with Crippen molar-refractivity contribution < 1.29 is 23.8 Å². The molecule has 20 heavy (non-hydrogen) atoms. The van der Waals surface area contributed by atoms with Crippen LogP contribution in [0.3, 0.4) is 0 Å². The molecule has 1 unspecified atom stereocenters. The van der Waals surface area contributed by atoms with E-state index in [0.29, 0.717) is 24.5 Å². The van der Waals surface area contributed by atoms with Gasteiger partial charge in [-0.2, -0.15) is 0 Å². The number of ether oxygens (including phenoxy) is 1. The number of hydrogen-bond acceptors (Lipinski definition) is 4. The molecule has 1 aliphatic heterocycles. The van der Waals surface area contributed by atoms with Crippen LogP contribution in [0.1, 0.15) is 34.7 Å². The van der Waals surface area contributed by atoms with Gasteiger partial charge in [0.2, 0.25) is 5.91 Å². The van der Waals surface area contributed by atoms with E-state index in [1.165, 1.54) is 6.07 Å². The standard InChI is InChI=1S/C14H19NO5/c1-9-12(14(17)18)6-11(20-9)7-15(2)13(16)5-10-3-4-19-8-10/h6,10H,3-5,7-8H2,1-2H3,(H,17,18). The van der Waals surface area contributed by atoms with Crippen LogP contribution in [0.2, 0.25) is 0 Å². The maximum absolute atomic E-state index is 12.0. The largest absolute Gasteiger partial charge is 0.478 e. The van der Waals surface area contributed by atoms with Gasteiger partial charge in [-0.15, -0.1) is 0 Å². The molecule has 2 rings (SSSR count). The highest BCUT2D eigenvalue weighted by Crippen LogP contribution is 2.19. The van der Waals surface area contributed by atoms with Crippen molar-refractivity contribution in [3.05, 3.63) is 23.2 Å². The molecule has 1 N–H and O–H groups in total. The fraction of sp³-hybridized carbons (Fsp3) is 0.571. The highest BCUT2D eigenvalue weighted by atomic mass is 16.5. The molecule has 0 radical (unpaired) electrons. The molecule has 0 spiro atoms. The Morgan fingerprint density at radius 1 is 1.50 bits per heavy atom. The summed E-state index contributed by atoms with van der Waals surface area (Å²) in [5.41, 5.74) is 0.144. The van der Waals surface area contributed by atoms with Crippen LogP contribution < -0.4 is 0 Å². The number of carboxylic acids is 1. The average molecular weight is 281 g/mol. The van der Waals surface area contributed by atoms with Gasteiger partial charge in [0.05, 0.1) is 6.54 Å². The molecule has 0 aliphatic carbocycles. The lowest BCUT2D eigenvalue weighted by Gasteiger charge is -2.17. The first kappa shape index (κ1) is 14.6. The second kappa shape index (κ2) is 6.09. The van der Waals surface area contributed by atoms with E-state index in [-0.39, 0.29) is 23.9 Å². The molecule has 1 aliphatic rings. The van der Waals surface area contributed by atoms with Crippen molar-refractivity contribution in [2.75, 3.05) is 20.3 Å². The Bertz CT molecular complexity index is 502. The van der Waals surface area contributed by atoms with Crippen molar-refractivity contribution in [2.24, 2.45) is 5.92 Å². The fourth-order valence-electron chi connectivity index (χ4n) is 2.30. The first-order valence-corrected chi connectivity index (χ1v) is 6.61. The predicted molar refractivity (Wildman–Crippen MR) is 70.4 cm³/mol. The molecular weight excluding hydrogens is 262 g/mol. The fourth-order valence-corrected chi connectivity index (χ4v) is 2.30. The zero-order valence-electron chi connectivity index (χ0n) is 11.7. The van der Waals surface area contributed by atoms with Crippen molar-refractivity contribution >= 4 is 11.9 Å². The Balaban J connectivity index is 1.93. The summed E-state index contributed by atoms with van der Waals surface area (Å²) in [4.78, 5) is 24.5. The van der Waals surface area contributed by atoms with Gasteiger partial charge in [0.25, 0.3) is 0 Å². The van der Waals surface area contributed by atoms with Crippen LogP contribution in [0, 0.1) is 12.8 Å². The molecule has 1 fully saturated rings. The van der Waals surface area contributed by atoms with E-state index in [1.807, 2.05) is 0 Å². The molecule has 0 saturated carbocycles. The number of carbonyl (C=O) groups excluding carboxylic acids is 1. The predicted octanol–water partition coefficient (Wildman–Crippen LogP) is 1.67. The van der Waals surface area contributed by atoms with Crippen LogP contribution >= 0.6 is 0 Å². The third kappa shape index (κ3) is 3.39. The van der Waals surface area contributed by atoms with E-state index in [9.17, 15) is 9.59 Å². The summed E-state index contributed by atoms with van der Waals surface area (Å²) in [6.07, 6.45) is 1.38. The summed E-state index contributed by atoms with van der Waals surface area (Å²) in [6.45, 7) is 3.24. The zero-order chi connectivity index (χ0) is 14.7. The summed E-state index contributed by atoms with van der Waals surface area (Å²) in [5.74, 6) is 0.134. The zero-order valence-corrected chi connectivity index (χ0v) is 11.7. The summed E-state index contributed by atoms with van der Waals surface area (Å²) >= 11 is 0. The second-order valence-corrected chi connectivity index (χ2v) is 5.17. The molecule has 1 saturated heterocycles. The summed E-state index contributed by atoms with van der Waals surface area (Å²) < 4.78 is 10.6. The second-order valence-electron chi connectivity index (χ2n) is 5.17. The van der Waals surface area contributed by atoms with Crippen LogP contribution in [-0.2, 0) is 16.1 Å². The molecule has 1 amide bonds. The van der Waals surface area contributed by atoms with Crippen LogP contribution in [0.4, 0.5) is 0 Å². The Morgan fingerprint density at radius 2 is 2.25 bits per heavy atom. The number of carboxylic acid groups (broad SMARTS) is 1. The Labute approximate surface area is 117 Å². The molecular formula is C14H19NO5. The first-order valence-electron chi connectivity index (χ1n) is 6.61. The minimum Gasteiger partial charge on any atom is -0.478 e. The molecule has 1 atom stereocenters. The van der Waals surface area contributed by atoms with Crippen LogP contribution in [0.25, 0.3) is 0 Å². The average Bonchev–Trinajstić information content (AvgIpc) is 2.98. The minimum atomic E-state index is -1.02. The molecule has 6 nitrogen and oxygen atoms in total. The monoisotopic (exact) mass is 281 g/mol. The maximum Gasteiger partial charge on any atom is 0.339 e. The van der Waals surface area contributed by atoms with Gasteiger partial charge in [-0.25, -0.2) is 4.79 Å². The van der Waals surface area contributed by atoms with Gasteiger partial charge in [-0.1, -0.05) is 0 Å². The molecule has 1 aromatic rings. The molecule has 0 aromatic carbocycles. The molecule has 1 aromatic heterocycles. The molecule has 0 bridgehead atoms. The van der Waals surface area contributed by atoms with E-state index < -0.39 is 5.97 Å². The summed E-state index contributed by atoms with van der Waals surface area (Å²) in [7, 11) is 1.69. The van der Waals surface area contributed by atoms with Gasteiger partial charge in [0, 0.05) is 26.7 Å². The van der Waals surface area contributed by atoms with Crippen LogP contribution in [-0.4, -0.2) is 42.1 Å². The van der Waals surface area contributed by atoms with E-state index >= 15 is 0 Å². The van der Waals surface area contributed by atoms with E-state index in [1.54, 1.807) is 18.9 Å². The van der Waals surface area contributed by atoms with Gasteiger partial charge < -0.3 is 19.2 Å². The Hall–Kier alpha value is -1.82. The first-order chi connectivity index (χ1) is 9.47. The van der Waals surface area contributed by atoms with Gasteiger partial charge >= 0.3 is 5.97 Å². The van der Waals surface area contributed by atoms with Crippen molar-refractivity contribution in [1.29, 1.82) is 0 Å². The number of hydrogen-bond donors (Lipinski definition) is 1. The molecule has 6 heteroatoms. The summed E-state index contributed by atoms with van der Waals surface area (Å²) in [5, 5.41) is 8.96. The molecule has 2 heterocycles. The van der Waals surface area contributed by atoms with Gasteiger partial charge in [0.15, 0.2) is 0 Å². The van der Waals surface area contributed by atoms with Crippen molar-refractivity contribution in [2.45, 2.75) is 26.3 Å². The SMILES string of the molecule is Cc1oc(CN(C)C(=O)CC2CCOC2)cc1C(=O)O. The number of nitrogens with zero attached hydrogens (tertiary/aromatic N) is 1. The highest BCUT2D eigenvalue weighted by Gasteiger charge is 2.22. The van der Waals surface area contributed by atoms with Crippen molar-refractivity contribution in [3.63, 3.8) is 0 Å². The Kier molecular flexibility index (Phi) is 4.44. The normalized spacial score (nSPS) is 18.2. The third-order valence-electron chi connectivity index (χ3n) is 3.51. The van der Waals surface area contributed by atoms with Gasteiger partial charge in [-0.3, -0.25) is 4.79 Å². The minimum absolute atomic E-state index is 0.0198. The number of carbonyl (C=O) groups is 2. The number of furan rings is 1. The number of amides is 1. The number of aromatic carboxylic acids is 1. The van der Waals surface area contributed by atoms with Gasteiger partial charge in [-0.05, 0) is 25.3 Å². The third-order valence-corrected chi connectivity index (χ3v) is 3.51. The van der Waals surface area contributed by atoms with Crippen molar-refractivity contribution in [1.82, 2.24) is 4.90 Å². The van der Waals surface area contributed by atoms with Crippen LogP contribution in [0.5, 0.6) is 0 Å². The highest BCUT2D eigenvalue weighted by molar-refractivity contribution is 5.88. The van der Waals surface area contributed by atoms with Gasteiger partial charge in [0.1, 0.15) is 17.1 Å². The van der Waals surface area contributed by atoms with E-state index in [0.717, 1.165) is 13.0 Å². The Morgan fingerprint density at radius 3 is 2.80 bits per heavy atom.